The summed E-state index contributed by atoms with van der Waals surface area (Å²) in [6.45, 7) is 0. The van der Waals surface area contributed by atoms with Gasteiger partial charge in [-0.15, -0.1) is 0 Å². The molecule has 0 atom stereocenters. The molecule has 0 unspecified atom stereocenters. The minimum atomic E-state index is -0.473. The van der Waals surface area contributed by atoms with Crippen molar-refractivity contribution in [2.45, 2.75) is 0 Å². The van der Waals surface area contributed by atoms with Gasteiger partial charge < -0.3 is 29.9 Å². The average Bonchev–Trinajstić information content (AvgIpc) is 3.32. The van der Waals surface area contributed by atoms with Crippen molar-refractivity contribution in [1.29, 1.82) is 0 Å². The zero-order chi connectivity index (χ0) is 46.7. The molecular weight excluding hydrogens is 773 g/mol. The summed E-state index contributed by atoms with van der Waals surface area (Å²) >= 11 is 0. The Hall–Kier alpha value is -9.06. The fourth-order valence-electron chi connectivity index (χ4n) is 5.01. The highest BCUT2D eigenvalue weighted by Gasteiger charge is 1.98. The molecule has 308 valence electrons. The van der Waals surface area contributed by atoms with E-state index < -0.39 is 11.4 Å². The molecule has 18 nitrogen and oxygen atoms in total. The molecule has 6 heterocycles. The van der Waals surface area contributed by atoms with E-state index in [1.54, 1.807) is 97.3 Å². The molecule has 0 radical (unpaired) electrons. The van der Waals surface area contributed by atoms with Crippen LogP contribution in [-0.2, 0) is 0 Å². The lowest BCUT2D eigenvalue weighted by molar-refractivity contribution is 1.08. The van der Waals surface area contributed by atoms with E-state index in [-0.39, 0.29) is 36.2 Å². The van der Waals surface area contributed by atoms with E-state index in [1.807, 2.05) is 36.4 Å². The third-order valence-electron chi connectivity index (χ3n) is 7.75. The number of aromatic nitrogens is 10. The maximum Gasteiger partial charge on any atom is 0.326 e. The van der Waals surface area contributed by atoms with Crippen molar-refractivity contribution >= 4 is 43.6 Å². The van der Waals surface area contributed by atoms with Crippen LogP contribution in [0.5, 0.6) is 0 Å². The molecule has 0 bridgehead atoms. The van der Waals surface area contributed by atoms with Gasteiger partial charge in [0.1, 0.15) is 0 Å². The Labute approximate surface area is 343 Å². The van der Waals surface area contributed by atoms with Crippen molar-refractivity contribution in [2.24, 2.45) is 0 Å². The monoisotopic (exact) mass is 826 g/mol. The normalized spacial score (nSPS) is 10.1. The first kappa shape index (κ1) is 39.2. The van der Waals surface area contributed by atoms with Gasteiger partial charge in [0.15, 0.2) is 0 Å². The number of nitrogens with one attached hydrogen (secondary N) is 8. The van der Waals surface area contributed by atoms with E-state index in [4.69, 9.17) is 5.94 Å². The Bertz CT molecular complexity index is 3210. The lowest BCUT2D eigenvalue weighted by atomic mass is 10.2. The molecule has 6 aromatic heterocycles. The van der Waals surface area contributed by atoms with Crippen LogP contribution in [0.2, 0.25) is 0 Å². The number of para-hydroxylation sites is 4. The molecule has 0 saturated carbocycles. The number of hydrogen-bond donors (Lipinski definition) is 8. The summed E-state index contributed by atoms with van der Waals surface area (Å²) in [6, 6.07) is 38.0. The SMILES string of the molecule is O=c1[nH]c(=O)c2ccccc2[nH]1.O=c1[nH]c(=O)c2ccccc2[nH]1.O=c1[nH]cnc2ccccc12.O=c1[nH]cnc2ccccc12.O=c1cccc[nH]1.O=c1cccc[nH]1.[3HH].[3HH].[3H][3H].[3H][3H]. The van der Waals surface area contributed by atoms with Gasteiger partial charge in [0.05, 0.1) is 56.3 Å². The van der Waals surface area contributed by atoms with Crippen LogP contribution in [0, 0.1) is 0 Å². The molecule has 8 N–H and O–H groups in total. The van der Waals surface area contributed by atoms with Crippen molar-refractivity contribution in [2.75, 3.05) is 0 Å². The molecule has 0 spiro atoms. The molecule has 0 amide bonds. The molecule has 60 heavy (non-hydrogen) atoms. The summed E-state index contributed by atoms with van der Waals surface area (Å²) in [5, 5.41) is 2.26. The van der Waals surface area contributed by atoms with Gasteiger partial charge in [-0.05, 0) is 60.7 Å². The Balaban J connectivity index is 0.000000392. The molecule has 18 heteroatoms. The number of nitrogens with zero attached hydrogens (tertiary/aromatic N) is 2. The minimum Gasteiger partial charge on any atom is -0.329 e. The van der Waals surface area contributed by atoms with Gasteiger partial charge in [0, 0.05) is 33.3 Å². The Kier molecular flexibility index (Phi) is 13.9. The number of hydrogen-bond acceptors (Lipinski definition) is 10. The zero-order valence-corrected chi connectivity index (χ0v) is 31.2. The number of benzene rings is 4. The van der Waals surface area contributed by atoms with Gasteiger partial charge in [-0.3, -0.25) is 38.7 Å². The van der Waals surface area contributed by atoms with Crippen LogP contribution in [0.15, 0.2) is 197 Å². The summed E-state index contributed by atoms with van der Waals surface area (Å²) < 4.78 is 20.0. The van der Waals surface area contributed by atoms with Gasteiger partial charge in [-0.1, -0.05) is 60.7 Å². The van der Waals surface area contributed by atoms with E-state index in [0.717, 1.165) is 11.0 Å². The van der Waals surface area contributed by atoms with Crippen molar-refractivity contribution in [1.82, 2.24) is 49.8 Å². The fourth-order valence-corrected chi connectivity index (χ4v) is 5.01. The largest absolute Gasteiger partial charge is 0.329 e. The Morgan fingerprint density at radius 3 is 1.03 bits per heavy atom. The van der Waals surface area contributed by atoms with Crippen LogP contribution in [0.1, 0.15) is 8.79 Å². The Morgan fingerprint density at radius 2 is 0.700 bits per heavy atom. The second kappa shape index (κ2) is 21.3. The van der Waals surface area contributed by atoms with E-state index in [9.17, 15) is 38.4 Å². The number of rotatable bonds is 0. The molecular formula is C42H42N10O8. The smallest absolute Gasteiger partial charge is 0.326 e. The quantitative estimate of drug-likeness (QED) is 0.109. The summed E-state index contributed by atoms with van der Waals surface area (Å²) in [7, 11) is 0. The highest BCUT2D eigenvalue weighted by Crippen LogP contribution is 2.04. The summed E-state index contributed by atoms with van der Waals surface area (Å²) in [6.07, 6.45) is 6.01. The van der Waals surface area contributed by atoms with Crippen molar-refractivity contribution in [3.05, 3.63) is 242 Å². The number of pyridine rings is 2. The summed E-state index contributed by atoms with van der Waals surface area (Å²) in [5.41, 5.74) is 0.655. The average molecular weight is 827 g/mol. The summed E-state index contributed by atoms with van der Waals surface area (Å²) in [4.78, 5) is 114. The molecule has 0 fully saturated rings. The zero-order valence-electron chi connectivity index (χ0n) is 35.2. The van der Waals surface area contributed by atoms with Gasteiger partial charge in [-0.2, -0.15) is 0 Å². The lowest BCUT2D eigenvalue weighted by Crippen LogP contribution is -2.21. The van der Waals surface area contributed by atoms with Crippen LogP contribution >= 0.6 is 0 Å². The second-order valence-corrected chi connectivity index (χ2v) is 11.9. The topological polar surface area (TPSA) is 289 Å². The second-order valence-electron chi connectivity index (χ2n) is 11.9. The highest BCUT2D eigenvalue weighted by molar-refractivity contribution is 5.78. The first-order valence-electron chi connectivity index (χ1n) is 19.6. The number of fused-ring (bicyclic) bond motifs is 4. The fraction of sp³-hybridized carbons (Fsp3) is 0. The van der Waals surface area contributed by atoms with E-state index >= 15 is 0 Å². The number of aromatic amines is 8. The van der Waals surface area contributed by atoms with Crippen LogP contribution in [0.4, 0.5) is 0 Å². The molecule has 4 aromatic carbocycles. The maximum absolute atomic E-state index is 11.1. The number of H-pyrrole nitrogens is 8. The highest BCUT2D eigenvalue weighted by atomic mass is 16.2. The van der Waals surface area contributed by atoms with E-state index in [2.05, 4.69) is 49.8 Å². The first-order valence-corrected chi connectivity index (χ1v) is 17.6. The van der Waals surface area contributed by atoms with Crippen molar-refractivity contribution in [3.63, 3.8) is 0 Å². The standard InChI is InChI=1S/2C8H6N2O2.2C8H6N2O.2C5H5NO.4H2/c2*11-7-5-3-1-2-4-6(5)9-8(12)10-7;2*11-8-6-3-1-2-4-7(6)9-5-10-8;2*7-5-3-1-2-4-6-5;;;;/h2*1-4H,(H2,9,10,11,12);2*1-5H,(H,9,10,11);2*1-4H,(H,6,7);4*1H/i;;;;;;2*1+2T;2*1+2. The molecule has 0 aliphatic rings. The van der Waals surface area contributed by atoms with Crippen LogP contribution in [0.25, 0.3) is 43.6 Å². The van der Waals surface area contributed by atoms with Crippen molar-refractivity contribution in [3.8, 4) is 0 Å². The molecule has 0 aliphatic carbocycles. The predicted octanol–water partition coefficient (Wildman–Crippen LogP) is 4.01. The van der Waals surface area contributed by atoms with Gasteiger partial charge >= 0.3 is 11.4 Å². The summed E-state index contributed by atoms with van der Waals surface area (Å²) in [5.74, 6) is 0. The molecule has 10 aromatic rings. The predicted molar refractivity (Wildman–Crippen MR) is 238 cm³/mol. The first-order chi connectivity index (χ1) is 31.1. The lowest BCUT2D eigenvalue weighted by Gasteiger charge is -1.92. The van der Waals surface area contributed by atoms with E-state index in [0.29, 0.717) is 32.6 Å². The van der Waals surface area contributed by atoms with Gasteiger partial charge in [0.2, 0.25) is 11.1 Å². The molecule has 0 aliphatic heterocycles. The van der Waals surface area contributed by atoms with Gasteiger partial charge in [0.25, 0.3) is 22.2 Å². The van der Waals surface area contributed by atoms with Crippen LogP contribution in [-0.4, -0.2) is 49.8 Å². The third kappa shape index (κ3) is 12.5. The maximum atomic E-state index is 11.1. The molecule has 0 saturated heterocycles. The third-order valence-corrected chi connectivity index (χ3v) is 7.75. The minimum absolute atomic E-state index is 0. The van der Waals surface area contributed by atoms with E-state index in [1.165, 1.54) is 24.8 Å². The molecule has 10 rings (SSSR count). The van der Waals surface area contributed by atoms with Crippen molar-refractivity contribution < 1.29 is 8.79 Å². The Morgan fingerprint density at radius 1 is 0.350 bits per heavy atom. The van der Waals surface area contributed by atoms with Crippen LogP contribution in [0.3, 0.4) is 0 Å². The van der Waals surface area contributed by atoms with Gasteiger partial charge in [-0.25, -0.2) is 19.6 Å². The van der Waals surface area contributed by atoms with Crippen LogP contribution < -0.4 is 44.7 Å².